The predicted molar refractivity (Wildman–Crippen MR) is 70.5 cm³/mol. The van der Waals surface area contributed by atoms with Gasteiger partial charge in [0.1, 0.15) is 0 Å². The van der Waals surface area contributed by atoms with E-state index in [1.807, 2.05) is 54.6 Å². The fourth-order valence-corrected chi connectivity index (χ4v) is 1.28. The van der Waals surface area contributed by atoms with Gasteiger partial charge in [-0.05, 0) is 30.3 Å². The first-order chi connectivity index (χ1) is 7.34. The molecule has 0 spiro atoms. The second-order valence-corrected chi connectivity index (χ2v) is 3.24. The molecule has 0 saturated heterocycles. The van der Waals surface area contributed by atoms with Crippen LogP contribution in [0.4, 0.5) is 5.69 Å². The van der Waals surface area contributed by atoms with E-state index in [2.05, 4.69) is 11.8 Å². The Morgan fingerprint density at radius 3 is 2.06 bits per heavy atom. The molecular weight excluding hydrogens is 218 g/mol. The van der Waals surface area contributed by atoms with Gasteiger partial charge in [-0.2, -0.15) is 0 Å². The van der Waals surface area contributed by atoms with Crippen LogP contribution in [0.15, 0.2) is 54.6 Å². The molecule has 80 valence electrons. The molecule has 0 heterocycles. The molecule has 0 aromatic heterocycles. The molecule has 2 rings (SSSR count). The van der Waals surface area contributed by atoms with E-state index in [1.54, 1.807) is 0 Å². The SMILES string of the molecule is Cl.Nc1cccc(C#Cc2ccccc2)c1. The van der Waals surface area contributed by atoms with Gasteiger partial charge in [0.25, 0.3) is 0 Å². The standard InChI is InChI=1S/C14H11N.ClH/c15-14-8-4-7-13(11-14)10-9-12-5-2-1-3-6-12;/h1-8,11H,15H2;1H. The number of nitrogen functional groups attached to an aromatic ring is 1. The minimum Gasteiger partial charge on any atom is -0.399 e. The van der Waals surface area contributed by atoms with Crippen molar-refractivity contribution >= 4 is 18.1 Å². The number of halogens is 1. The molecule has 2 aromatic rings. The maximum absolute atomic E-state index is 5.66. The van der Waals surface area contributed by atoms with Gasteiger partial charge in [0.15, 0.2) is 0 Å². The van der Waals surface area contributed by atoms with Crippen LogP contribution in [0, 0.1) is 11.8 Å². The largest absolute Gasteiger partial charge is 0.399 e. The summed E-state index contributed by atoms with van der Waals surface area (Å²) in [4.78, 5) is 0. The zero-order valence-corrected chi connectivity index (χ0v) is 9.50. The van der Waals surface area contributed by atoms with E-state index in [9.17, 15) is 0 Å². The lowest BCUT2D eigenvalue weighted by Crippen LogP contribution is -1.84. The molecule has 2 aromatic carbocycles. The molecule has 0 saturated carbocycles. The maximum Gasteiger partial charge on any atom is 0.0326 e. The van der Waals surface area contributed by atoms with Crippen molar-refractivity contribution in [1.82, 2.24) is 0 Å². The second-order valence-electron chi connectivity index (χ2n) is 3.24. The van der Waals surface area contributed by atoms with E-state index in [0.717, 1.165) is 16.8 Å². The van der Waals surface area contributed by atoms with Crippen LogP contribution in [-0.4, -0.2) is 0 Å². The monoisotopic (exact) mass is 229 g/mol. The first kappa shape index (κ1) is 12.2. The van der Waals surface area contributed by atoms with Gasteiger partial charge in [0.2, 0.25) is 0 Å². The van der Waals surface area contributed by atoms with Crippen molar-refractivity contribution in [1.29, 1.82) is 0 Å². The van der Waals surface area contributed by atoms with Gasteiger partial charge in [0, 0.05) is 16.8 Å². The molecule has 0 unspecified atom stereocenters. The smallest absolute Gasteiger partial charge is 0.0326 e. The minimum absolute atomic E-state index is 0. The summed E-state index contributed by atoms with van der Waals surface area (Å²) < 4.78 is 0. The molecule has 0 aliphatic rings. The summed E-state index contributed by atoms with van der Waals surface area (Å²) >= 11 is 0. The minimum atomic E-state index is 0. The normalized spacial score (nSPS) is 8.50. The summed E-state index contributed by atoms with van der Waals surface area (Å²) in [5.41, 5.74) is 8.36. The van der Waals surface area contributed by atoms with Crippen LogP contribution in [0.1, 0.15) is 11.1 Å². The fourth-order valence-electron chi connectivity index (χ4n) is 1.28. The Kier molecular flexibility index (Phi) is 4.44. The first-order valence-corrected chi connectivity index (χ1v) is 4.77. The number of hydrogen-bond acceptors (Lipinski definition) is 1. The molecule has 16 heavy (non-hydrogen) atoms. The van der Waals surface area contributed by atoms with Gasteiger partial charge >= 0.3 is 0 Å². The van der Waals surface area contributed by atoms with Crippen molar-refractivity contribution in [3.63, 3.8) is 0 Å². The van der Waals surface area contributed by atoms with Crippen molar-refractivity contribution in [3.8, 4) is 11.8 Å². The topological polar surface area (TPSA) is 26.0 Å². The Bertz CT molecular complexity index is 509. The molecule has 0 fully saturated rings. The summed E-state index contributed by atoms with van der Waals surface area (Å²) in [6.07, 6.45) is 0. The average Bonchev–Trinajstić information content (AvgIpc) is 2.28. The third-order valence-corrected chi connectivity index (χ3v) is 2.01. The number of nitrogens with two attached hydrogens (primary N) is 1. The maximum atomic E-state index is 5.66. The molecule has 1 nitrogen and oxygen atoms in total. The van der Waals surface area contributed by atoms with E-state index in [1.165, 1.54) is 0 Å². The molecule has 0 bridgehead atoms. The zero-order chi connectivity index (χ0) is 10.5. The molecule has 0 amide bonds. The van der Waals surface area contributed by atoms with Crippen LogP contribution in [0.3, 0.4) is 0 Å². The van der Waals surface area contributed by atoms with Crippen LogP contribution in [0.2, 0.25) is 0 Å². The van der Waals surface area contributed by atoms with Crippen molar-refractivity contribution in [2.75, 3.05) is 5.73 Å². The third kappa shape index (κ3) is 3.34. The van der Waals surface area contributed by atoms with Gasteiger partial charge in [0.05, 0.1) is 0 Å². The molecule has 2 N–H and O–H groups in total. The molecular formula is C14H12ClN. The van der Waals surface area contributed by atoms with Gasteiger partial charge < -0.3 is 5.73 Å². The lowest BCUT2D eigenvalue weighted by Gasteiger charge is -1.92. The van der Waals surface area contributed by atoms with Crippen molar-refractivity contribution in [2.45, 2.75) is 0 Å². The lowest BCUT2D eigenvalue weighted by atomic mass is 10.2. The zero-order valence-electron chi connectivity index (χ0n) is 8.68. The highest BCUT2D eigenvalue weighted by Gasteiger charge is 1.87. The Morgan fingerprint density at radius 2 is 1.38 bits per heavy atom. The summed E-state index contributed by atoms with van der Waals surface area (Å²) in [5, 5.41) is 0. The quantitative estimate of drug-likeness (QED) is 0.545. The summed E-state index contributed by atoms with van der Waals surface area (Å²) in [7, 11) is 0. The average molecular weight is 230 g/mol. The van der Waals surface area contributed by atoms with Crippen LogP contribution in [-0.2, 0) is 0 Å². The summed E-state index contributed by atoms with van der Waals surface area (Å²) in [6.45, 7) is 0. The van der Waals surface area contributed by atoms with Gasteiger partial charge in [-0.1, -0.05) is 36.1 Å². The van der Waals surface area contributed by atoms with Crippen molar-refractivity contribution < 1.29 is 0 Å². The van der Waals surface area contributed by atoms with Crippen LogP contribution >= 0.6 is 12.4 Å². The highest BCUT2D eigenvalue weighted by atomic mass is 35.5. The molecule has 2 heteroatoms. The van der Waals surface area contributed by atoms with Crippen LogP contribution in [0.5, 0.6) is 0 Å². The first-order valence-electron chi connectivity index (χ1n) is 4.77. The molecule has 0 aliphatic carbocycles. The van der Waals surface area contributed by atoms with Crippen LogP contribution < -0.4 is 5.73 Å². The van der Waals surface area contributed by atoms with E-state index in [0.29, 0.717) is 0 Å². The van der Waals surface area contributed by atoms with Gasteiger partial charge in [-0.3, -0.25) is 0 Å². The number of rotatable bonds is 0. The molecule has 0 aliphatic heterocycles. The summed E-state index contributed by atoms with van der Waals surface area (Å²) in [5.74, 6) is 6.15. The molecule has 0 atom stereocenters. The molecule has 0 radical (unpaired) electrons. The highest BCUT2D eigenvalue weighted by molar-refractivity contribution is 5.85. The lowest BCUT2D eigenvalue weighted by molar-refractivity contribution is 1.62. The Morgan fingerprint density at radius 1 is 0.750 bits per heavy atom. The number of anilines is 1. The van der Waals surface area contributed by atoms with E-state index in [4.69, 9.17) is 5.73 Å². The Labute approximate surface area is 102 Å². The van der Waals surface area contributed by atoms with E-state index >= 15 is 0 Å². The number of benzene rings is 2. The van der Waals surface area contributed by atoms with E-state index < -0.39 is 0 Å². The van der Waals surface area contributed by atoms with Gasteiger partial charge in [-0.25, -0.2) is 0 Å². The third-order valence-electron chi connectivity index (χ3n) is 2.01. The predicted octanol–water partition coefficient (Wildman–Crippen LogP) is 3.09. The van der Waals surface area contributed by atoms with Crippen molar-refractivity contribution in [3.05, 3.63) is 65.7 Å². The van der Waals surface area contributed by atoms with Crippen molar-refractivity contribution in [2.24, 2.45) is 0 Å². The van der Waals surface area contributed by atoms with Gasteiger partial charge in [-0.15, -0.1) is 12.4 Å². The fraction of sp³-hybridized carbons (Fsp3) is 0. The Hall–Kier alpha value is -1.91. The number of hydrogen-bond donors (Lipinski definition) is 1. The van der Waals surface area contributed by atoms with Crippen LogP contribution in [0.25, 0.3) is 0 Å². The summed E-state index contributed by atoms with van der Waals surface area (Å²) in [6, 6.07) is 17.5. The second kappa shape index (κ2) is 5.85. The highest BCUT2D eigenvalue weighted by Crippen LogP contribution is 2.05. The van der Waals surface area contributed by atoms with E-state index in [-0.39, 0.29) is 12.4 Å². The Balaban J connectivity index is 0.00000128.